The molecule has 3 N–H and O–H groups in total. The maximum atomic E-state index is 12.4. The molecule has 1 heterocycles. The topological polar surface area (TPSA) is 69.8 Å². The zero-order valence-electron chi connectivity index (χ0n) is 11.1. The standard InChI is InChI=1S/C14H21N3O2/c15-13-4-1-3-12(11-13)14(19)17-6-2-5-16(7-8-17)9-10-18/h1,3-4,11,18H,2,5-10,15H2. The molecule has 1 saturated heterocycles. The quantitative estimate of drug-likeness (QED) is 0.775. The first-order valence-corrected chi connectivity index (χ1v) is 6.69. The molecule has 1 aromatic rings. The lowest BCUT2D eigenvalue weighted by Gasteiger charge is -2.21. The van der Waals surface area contributed by atoms with Crippen LogP contribution in [0.15, 0.2) is 24.3 Å². The maximum Gasteiger partial charge on any atom is 0.253 e. The Labute approximate surface area is 113 Å². The predicted octanol–water partition coefficient (Wildman–Crippen LogP) is 0.409. The number of hydrogen-bond acceptors (Lipinski definition) is 4. The van der Waals surface area contributed by atoms with Gasteiger partial charge in [0.15, 0.2) is 0 Å². The van der Waals surface area contributed by atoms with E-state index < -0.39 is 0 Å². The lowest BCUT2D eigenvalue weighted by atomic mass is 10.1. The van der Waals surface area contributed by atoms with Crippen molar-refractivity contribution in [1.82, 2.24) is 9.80 Å². The van der Waals surface area contributed by atoms with Crippen LogP contribution in [0.25, 0.3) is 0 Å². The van der Waals surface area contributed by atoms with Gasteiger partial charge in [0.25, 0.3) is 5.91 Å². The molecule has 19 heavy (non-hydrogen) atoms. The molecule has 2 rings (SSSR count). The number of nitrogens with two attached hydrogens (primary N) is 1. The van der Waals surface area contributed by atoms with Gasteiger partial charge in [-0.15, -0.1) is 0 Å². The van der Waals surface area contributed by atoms with E-state index >= 15 is 0 Å². The summed E-state index contributed by atoms with van der Waals surface area (Å²) in [7, 11) is 0. The van der Waals surface area contributed by atoms with Crippen LogP contribution in [0.4, 0.5) is 5.69 Å². The summed E-state index contributed by atoms with van der Waals surface area (Å²) in [6.45, 7) is 4.06. The Hall–Kier alpha value is -1.59. The van der Waals surface area contributed by atoms with Gasteiger partial charge in [0.1, 0.15) is 0 Å². The monoisotopic (exact) mass is 263 g/mol. The molecule has 1 aliphatic heterocycles. The van der Waals surface area contributed by atoms with Crippen LogP contribution in [-0.4, -0.2) is 60.1 Å². The zero-order chi connectivity index (χ0) is 13.7. The highest BCUT2D eigenvalue weighted by Crippen LogP contribution is 2.12. The second kappa shape index (κ2) is 6.54. The van der Waals surface area contributed by atoms with E-state index in [0.717, 1.165) is 26.1 Å². The van der Waals surface area contributed by atoms with Gasteiger partial charge in [0.2, 0.25) is 0 Å². The summed E-state index contributed by atoms with van der Waals surface area (Å²) in [5, 5.41) is 8.96. The minimum atomic E-state index is 0.0400. The lowest BCUT2D eigenvalue weighted by Crippen LogP contribution is -2.35. The Morgan fingerprint density at radius 1 is 1.26 bits per heavy atom. The van der Waals surface area contributed by atoms with Crippen LogP contribution in [0.2, 0.25) is 0 Å². The summed E-state index contributed by atoms with van der Waals surface area (Å²) >= 11 is 0. The first-order valence-electron chi connectivity index (χ1n) is 6.69. The predicted molar refractivity (Wildman–Crippen MR) is 74.9 cm³/mol. The van der Waals surface area contributed by atoms with Crippen molar-refractivity contribution in [3.8, 4) is 0 Å². The summed E-state index contributed by atoms with van der Waals surface area (Å²) in [4.78, 5) is 16.4. The summed E-state index contributed by atoms with van der Waals surface area (Å²) in [6.07, 6.45) is 0.939. The Balaban J connectivity index is 2.00. The Morgan fingerprint density at radius 2 is 2.11 bits per heavy atom. The highest BCUT2D eigenvalue weighted by molar-refractivity contribution is 5.95. The van der Waals surface area contributed by atoms with Gasteiger partial charge < -0.3 is 15.7 Å². The third-order valence-electron chi connectivity index (χ3n) is 3.43. The number of nitrogen functional groups attached to an aromatic ring is 1. The SMILES string of the molecule is Nc1cccc(C(=O)N2CCCN(CCO)CC2)c1. The van der Waals surface area contributed by atoms with E-state index in [9.17, 15) is 4.79 Å². The summed E-state index contributed by atoms with van der Waals surface area (Å²) in [5.41, 5.74) is 6.97. The van der Waals surface area contributed by atoms with Crippen LogP contribution >= 0.6 is 0 Å². The highest BCUT2D eigenvalue weighted by atomic mass is 16.3. The van der Waals surface area contributed by atoms with Crippen molar-refractivity contribution >= 4 is 11.6 Å². The Bertz CT molecular complexity index is 436. The van der Waals surface area contributed by atoms with Gasteiger partial charge in [-0.25, -0.2) is 0 Å². The number of carbonyl (C=O) groups excluding carboxylic acids is 1. The molecule has 1 aliphatic rings. The fraction of sp³-hybridized carbons (Fsp3) is 0.500. The van der Waals surface area contributed by atoms with Gasteiger partial charge in [0, 0.05) is 37.4 Å². The molecule has 0 radical (unpaired) electrons. The van der Waals surface area contributed by atoms with Crippen molar-refractivity contribution in [1.29, 1.82) is 0 Å². The number of aliphatic hydroxyl groups excluding tert-OH is 1. The number of carbonyl (C=O) groups is 1. The molecule has 0 aromatic heterocycles. The van der Waals surface area contributed by atoms with E-state index in [0.29, 0.717) is 24.3 Å². The molecule has 5 nitrogen and oxygen atoms in total. The second-order valence-corrected chi connectivity index (χ2v) is 4.84. The average Bonchev–Trinajstić information content (AvgIpc) is 2.64. The van der Waals surface area contributed by atoms with E-state index in [-0.39, 0.29) is 12.5 Å². The van der Waals surface area contributed by atoms with Gasteiger partial charge in [-0.1, -0.05) is 6.07 Å². The molecular weight excluding hydrogens is 242 g/mol. The van der Waals surface area contributed by atoms with E-state index in [1.807, 2.05) is 4.90 Å². The normalized spacial score (nSPS) is 17.2. The molecule has 1 fully saturated rings. The average molecular weight is 263 g/mol. The number of anilines is 1. The number of benzene rings is 1. The molecule has 5 heteroatoms. The van der Waals surface area contributed by atoms with Crippen molar-refractivity contribution < 1.29 is 9.90 Å². The molecule has 104 valence electrons. The van der Waals surface area contributed by atoms with Crippen molar-refractivity contribution in [2.75, 3.05) is 45.1 Å². The van der Waals surface area contributed by atoms with Crippen LogP contribution < -0.4 is 5.73 Å². The number of β-amino-alcohol motifs (C(OH)–C–C–N with tert-alkyl or cyclic N) is 1. The van der Waals surface area contributed by atoms with Gasteiger partial charge in [0.05, 0.1) is 6.61 Å². The van der Waals surface area contributed by atoms with Crippen LogP contribution in [0.5, 0.6) is 0 Å². The second-order valence-electron chi connectivity index (χ2n) is 4.84. The number of aliphatic hydroxyl groups is 1. The molecule has 0 atom stereocenters. The van der Waals surface area contributed by atoms with Crippen molar-refractivity contribution in [3.63, 3.8) is 0 Å². The fourth-order valence-corrected chi connectivity index (χ4v) is 2.39. The van der Waals surface area contributed by atoms with Crippen LogP contribution in [0.1, 0.15) is 16.8 Å². The number of nitrogens with zero attached hydrogens (tertiary/aromatic N) is 2. The van der Waals surface area contributed by atoms with E-state index in [4.69, 9.17) is 10.8 Å². The highest BCUT2D eigenvalue weighted by Gasteiger charge is 2.19. The molecular formula is C14H21N3O2. The smallest absolute Gasteiger partial charge is 0.253 e. The van der Waals surface area contributed by atoms with Crippen LogP contribution in [-0.2, 0) is 0 Å². The van der Waals surface area contributed by atoms with Gasteiger partial charge in [-0.3, -0.25) is 9.69 Å². The first-order chi connectivity index (χ1) is 9.20. The van der Waals surface area contributed by atoms with E-state index in [2.05, 4.69) is 4.90 Å². The minimum Gasteiger partial charge on any atom is -0.399 e. The number of hydrogen-bond donors (Lipinski definition) is 2. The van der Waals surface area contributed by atoms with Crippen molar-refractivity contribution in [3.05, 3.63) is 29.8 Å². The fourth-order valence-electron chi connectivity index (χ4n) is 2.39. The van der Waals surface area contributed by atoms with Crippen molar-refractivity contribution in [2.45, 2.75) is 6.42 Å². The van der Waals surface area contributed by atoms with Gasteiger partial charge in [-0.2, -0.15) is 0 Å². The molecule has 0 saturated carbocycles. The summed E-state index contributed by atoms with van der Waals surface area (Å²) < 4.78 is 0. The molecule has 0 aliphatic carbocycles. The summed E-state index contributed by atoms with van der Waals surface area (Å²) in [5.74, 6) is 0.0400. The van der Waals surface area contributed by atoms with Crippen molar-refractivity contribution in [2.24, 2.45) is 0 Å². The molecule has 0 bridgehead atoms. The number of amides is 1. The molecule has 0 unspecified atom stereocenters. The summed E-state index contributed by atoms with van der Waals surface area (Å²) in [6, 6.07) is 7.11. The van der Waals surface area contributed by atoms with Gasteiger partial charge >= 0.3 is 0 Å². The zero-order valence-corrected chi connectivity index (χ0v) is 11.1. The van der Waals surface area contributed by atoms with E-state index in [1.165, 1.54) is 0 Å². The molecule has 1 amide bonds. The minimum absolute atomic E-state index is 0.0400. The molecule has 1 aromatic carbocycles. The third kappa shape index (κ3) is 3.68. The number of rotatable bonds is 3. The Morgan fingerprint density at radius 3 is 2.84 bits per heavy atom. The van der Waals surface area contributed by atoms with E-state index in [1.54, 1.807) is 24.3 Å². The lowest BCUT2D eigenvalue weighted by molar-refractivity contribution is 0.0760. The van der Waals surface area contributed by atoms with Gasteiger partial charge in [-0.05, 0) is 31.2 Å². The first kappa shape index (κ1) is 13.8. The Kier molecular flexibility index (Phi) is 4.76. The van der Waals surface area contributed by atoms with Crippen LogP contribution in [0.3, 0.4) is 0 Å². The molecule has 0 spiro atoms. The van der Waals surface area contributed by atoms with Crippen LogP contribution in [0, 0.1) is 0 Å². The largest absolute Gasteiger partial charge is 0.399 e. The maximum absolute atomic E-state index is 12.4. The third-order valence-corrected chi connectivity index (χ3v) is 3.43.